The SMILES string of the molecule is CC.CC1(C)OB(c2ccc3nccn3c2)OC1(C)C.Cc1cccc(-c2n[nH]c(C3CC3)c2-c2ccc3nccn3c2)n1.Cc1cccc(-c2nn(COCC[Si](C)(C)C)c(C3CC3)c2-c2ccc3nccn3c2)n1.Cc1cccc(-c2nn(COCC[Si](C)(C)C)c(C3CC3)c2I)n1. The summed E-state index contributed by atoms with van der Waals surface area (Å²) >= 11 is 2.43. The molecule has 100 heavy (non-hydrogen) atoms. The molecule has 13 heterocycles. The van der Waals surface area contributed by atoms with Crippen LogP contribution in [0.3, 0.4) is 0 Å². The number of H-pyrrole nitrogens is 1. The van der Waals surface area contributed by atoms with Crippen molar-refractivity contribution in [2.45, 2.75) is 195 Å². The molecule has 3 aliphatic carbocycles. The number of hydrogen-bond acceptors (Lipinski definition) is 13. The number of halogens is 1. The number of nitrogens with zero attached hydrogens (tertiary/aromatic N) is 14. The zero-order valence-electron chi connectivity index (χ0n) is 60.9. The lowest BCUT2D eigenvalue weighted by Gasteiger charge is -2.32. The fraction of sp³-hybridized carbons (Fsp3) is 0.416. The fourth-order valence-corrected chi connectivity index (χ4v) is 14.7. The first kappa shape index (κ1) is 72.0. The lowest BCUT2D eigenvalue weighted by Crippen LogP contribution is -2.41. The van der Waals surface area contributed by atoms with Crippen LogP contribution in [-0.4, -0.2) is 121 Å². The van der Waals surface area contributed by atoms with E-state index < -0.39 is 16.1 Å². The van der Waals surface area contributed by atoms with E-state index in [0.717, 1.165) is 104 Å². The van der Waals surface area contributed by atoms with Gasteiger partial charge in [0.1, 0.15) is 47.5 Å². The van der Waals surface area contributed by atoms with Gasteiger partial charge in [-0.1, -0.05) is 77.4 Å². The molecule has 4 aliphatic rings. The smallest absolute Gasteiger partial charge is 0.399 e. The van der Waals surface area contributed by atoms with Crippen molar-refractivity contribution < 1.29 is 18.8 Å². The molecular formula is C77H97BIN15O4Si2. The van der Waals surface area contributed by atoms with Crippen LogP contribution in [0, 0.1) is 24.3 Å². The zero-order valence-corrected chi connectivity index (χ0v) is 65.1. The number of aromatic amines is 1. The monoisotopic (exact) mass is 1490 g/mol. The third kappa shape index (κ3) is 17.2. The van der Waals surface area contributed by atoms with Crippen LogP contribution < -0.4 is 5.46 Å². The second-order valence-corrected chi connectivity index (χ2v) is 42.3. The van der Waals surface area contributed by atoms with Gasteiger partial charge in [-0.15, -0.1) is 0 Å². The van der Waals surface area contributed by atoms with Gasteiger partial charge in [0.05, 0.1) is 43.2 Å². The van der Waals surface area contributed by atoms with Crippen LogP contribution in [0.15, 0.2) is 147 Å². The molecule has 16 rings (SSSR count). The van der Waals surface area contributed by atoms with Crippen LogP contribution >= 0.6 is 22.6 Å². The third-order valence-electron chi connectivity index (χ3n) is 18.7. The van der Waals surface area contributed by atoms with E-state index in [4.69, 9.17) is 34.0 Å². The predicted molar refractivity (Wildman–Crippen MR) is 414 cm³/mol. The van der Waals surface area contributed by atoms with Crippen LogP contribution in [0.2, 0.25) is 51.4 Å². The van der Waals surface area contributed by atoms with Gasteiger partial charge in [-0.3, -0.25) is 20.1 Å². The number of imidazole rings is 3. The fourth-order valence-electron chi connectivity index (χ4n) is 12.0. The molecule has 0 amide bonds. The Morgan fingerprint density at radius 1 is 0.520 bits per heavy atom. The van der Waals surface area contributed by atoms with Crippen molar-refractivity contribution >= 4 is 68.3 Å². The van der Waals surface area contributed by atoms with E-state index >= 15 is 0 Å². The number of rotatable bonds is 19. The van der Waals surface area contributed by atoms with Gasteiger partial charge >= 0.3 is 7.12 Å². The quantitative estimate of drug-likeness (QED) is 0.0457. The molecular weight excluding hydrogens is 1390 g/mol. The van der Waals surface area contributed by atoms with Gasteiger partial charge in [0.2, 0.25) is 0 Å². The Morgan fingerprint density at radius 2 is 0.940 bits per heavy atom. The molecule has 12 aromatic rings. The Kier molecular flexibility index (Phi) is 21.9. The van der Waals surface area contributed by atoms with Crippen molar-refractivity contribution in [3.05, 3.63) is 185 Å². The van der Waals surface area contributed by atoms with Gasteiger partial charge in [0, 0.05) is 148 Å². The molecule has 522 valence electrons. The van der Waals surface area contributed by atoms with E-state index in [2.05, 4.69) is 181 Å². The van der Waals surface area contributed by atoms with Crippen LogP contribution in [0.5, 0.6) is 0 Å². The van der Waals surface area contributed by atoms with Gasteiger partial charge in [-0.2, -0.15) is 15.3 Å². The molecule has 0 aromatic carbocycles. The second-order valence-electron chi connectivity index (χ2n) is 30.0. The Labute approximate surface area is 604 Å². The molecule has 1 N–H and O–H groups in total. The summed E-state index contributed by atoms with van der Waals surface area (Å²) in [5.74, 6) is 1.75. The number of fused-ring (bicyclic) bond motifs is 3. The van der Waals surface area contributed by atoms with E-state index in [1.165, 1.54) is 76.3 Å². The van der Waals surface area contributed by atoms with Crippen molar-refractivity contribution in [2.75, 3.05) is 13.2 Å². The van der Waals surface area contributed by atoms with Crippen molar-refractivity contribution in [3.63, 3.8) is 0 Å². The van der Waals surface area contributed by atoms with Crippen molar-refractivity contribution in [1.29, 1.82) is 0 Å². The first-order chi connectivity index (χ1) is 47.9. The molecule has 0 radical (unpaired) electrons. The maximum Gasteiger partial charge on any atom is 0.496 e. The maximum absolute atomic E-state index is 6.14. The minimum absolute atomic E-state index is 0.304. The van der Waals surface area contributed by atoms with Crippen LogP contribution in [0.4, 0.5) is 0 Å². The predicted octanol–water partition coefficient (Wildman–Crippen LogP) is 17.4. The first-order valence-electron chi connectivity index (χ1n) is 35.5. The van der Waals surface area contributed by atoms with Crippen molar-refractivity contribution in [1.82, 2.24) is 72.9 Å². The second kappa shape index (κ2) is 30.4. The highest BCUT2D eigenvalue weighted by Gasteiger charge is 2.52. The summed E-state index contributed by atoms with van der Waals surface area (Å²) in [6.07, 6.45) is 25.0. The highest BCUT2D eigenvalue weighted by atomic mass is 127. The molecule has 23 heteroatoms. The minimum atomic E-state index is -1.13. The summed E-state index contributed by atoms with van der Waals surface area (Å²) in [6.45, 7) is 35.2. The molecule has 0 spiro atoms. The molecule has 1 saturated heterocycles. The summed E-state index contributed by atoms with van der Waals surface area (Å²) in [5.41, 5.74) is 20.4. The molecule has 19 nitrogen and oxygen atoms in total. The summed E-state index contributed by atoms with van der Waals surface area (Å²) in [7, 11) is -2.50. The largest absolute Gasteiger partial charge is 0.496 e. The molecule has 1 aliphatic heterocycles. The maximum atomic E-state index is 6.14. The van der Waals surface area contributed by atoms with Gasteiger partial charge in [-0.25, -0.2) is 24.3 Å². The number of aryl methyl sites for hydroxylation is 3. The highest BCUT2D eigenvalue weighted by molar-refractivity contribution is 14.1. The van der Waals surface area contributed by atoms with Crippen molar-refractivity contribution in [2.24, 2.45) is 0 Å². The molecule has 0 unspecified atom stereocenters. The summed E-state index contributed by atoms with van der Waals surface area (Å²) in [6, 6.07) is 33.0. The summed E-state index contributed by atoms with van der Waals surface area (Å²) in [5, 5.41) is 17.8. The molecule has 4 fully saturated rings. The Bertz CT molecular complexity index is 4760. The average molecular weight is 1490 g/mol. The summed E-state index contributed by atoms with van der Waals surface area (Å²) in [4.78, 5) is 27.1. The lowest BCUT2D eigenvalue weighted by molar-refractivity contribution is 0.00578. The van der Waals surface area contributed by atoms with E-state index in [0.29, 0.717) is 31.2 Å². The van der Waals surface area contributed by atoms with Gasteiger partial charge in [0.25, 0.3) is 0 Å². The molecule has 3 saturated carbocycles. The van der Waals surface area contributed by atoms with Gasteiger partial charge in [0.15, 0.2) is 0 Å². The van der Waals surface area contributed by atoms with Gasteiger partial charge in [-0.05, 0) is 194 Å². The number of ether oxygens (including phenoxy) is 2. The number of nitrogens with one attached hydrogen (secondary N) is 1. The zero-order chi connectivity index (χ0) is 70.7. The number of pyridine rings is 6. The highest BCUT2D eigenvalue weighted by Crippen LogP contribution is 2.49. The normalized spacial score (nSPS) is 15.6. The van der Waals surface area contributed by atoms with E-state index in [1.807, 2.05) is 141 Å². The van der Waals surface area contributed by atoms with E-state index in [1.54, 1.807) is 6.20 Å². The van der Waals surface area contributed by atoms with E-state index in [9.17, 15) is 0 Å². The molecule has 12 aromatic heterocycles. The number of aromatic nitrogens is 15. The Morgan fingerprint density at radius 3 is 1.41 bits per heavy atom. The topological polar surface area (TPSA) is 192 Å². The number of hydrogen-bond donors (Lipinski definition) is 1. The summed E-state index contributed by atoms with van der Waals surface area (Å²) < 4.78 is 35.6. The van der Waals surface area contributed by atoms with Crippen LogP contribution in [-0.2, 0) is 32.2 Å². The van der Waals surface area contributed by atoms with Crippen molar-refractivity contribution in [3.8, 4) is 56.4 Å². The van der Waals surface area contributed by atoms with E-state index in [-0.39, 0.29) is 18.3 Å². The standard InChI is InChI=1S/C25H31N5OSi.C19H17N5.C18H26IN3OSi.C13H17BN2O2.C2H6/c1-18-6-5-7-21(27-18)24-23(20-10-11-22-26-12-13-29(22)16-20)25(19-8-9-19)30(28-24)17-31-14-15-32(2,3)4;1-12-3-2-4-15(21-12)19-17(18(22-23-19)13-5-6-13)14-7-8-16-20-9-10-24(16)11-14;1-13-6-5-7-15(20-13)17-16(19)18(14-8-9-14)22(21-17)12-23-10-11-24(2,3)4;1-12(2)13(3,4)18-14(17-12)10-5-6-11-15-7-8-16(11)9-10;1-2/h5-7,10-13,16,19H,8-9,14-15,17H2,1-4H3;2-4,7-11,13H,5-6H2,1H3,(H,22,23);5-7,14H,8-12H2,1-4H3;5-9H,1-4H3;1-2H3. The third-order valence-corrected chi connectivity index (χ3v) is 23.2. The van der Waals surface area contributed by atoms with Crippen LogP contribution in [0.1, 0.15) is 132 Å². The van der Waals surface area contributed by atoms with Gasteiger partial charge < -0.3 is 32.0 Å². The molecule has 0 bridgehead atoms. The minimum Gasteiger partial charge on any atom is -0.399 e. The Hall–Kier alpha value is -7.78. The lowest BCUT2D eigenvalue weighted by atomic mass is 9.80. The molecule has 0 atom stereocenters. The average Bonchev–Trinajstić information content (AvgIpc) is 1.61. The van der Waals surface area contributed by atoms with Crippen LogP contribution in [0.25, 0.3) is 73.4 Å². The first-order valence-corrected chi connectivity index (χ1v) is 44.0. The Balaban J connectivity index is 0.000000128.